The van der Waals surface area contributed by atoms with Crippen LogP contribution < -0.4 is 0 Å². The maximum absolute atomic E-state index is 13.1. The van der Waals surface area contributed by atoms with Crippen LogP contribution in [-0.2, 0) is 65.4 Å². The number of phosphoric acid groups is 2. The van der Waals surface area contributed by atoms with Gasteiger partial charge in [-0.3, -0.25) is 37.3 Å². The highest BCUT2D eigenvalue weighted by molar-refractivity contribution is 7.47. The van der Waals surface area contributed by atoms with Crippen LogP contribution in [0, 0.1) is 0 Å². The van der Waals surface area contributed by atoms with Crippen molar-refractivity contribution in [3.8, 4) is 0 Å². The lowest BCUT2D eigenvalue weighted by Crippen LogP contribution is -2.30. The lowest BCUT2D eigenvalue weighted by molar-refractivity contribution is -0.161. The molecule has 0 radical (unpaired) electrons. The van der Waals surface area contributed by atoms with E-state index >= 15 is 0 Å². The van der Waals surface area contributed by atoms with Crippen molar-refractivity contribution in [1.29, 1.82) is 0 Å². The largest absolute Gasteiger partial charge is 0.472 e. The van der Waals surface area contributed by atoms with Gasteiger partial charge in [-0.1, -0.05) is 258 Å². The summed E-state index contributed by atoms with van der Waals surface area (Å²) >= 11 is 0. The summed E-state index contributed by atoms with van der Waals surface area (Å²) in [6, 6.07) is 0. The number of carbonyl (C=O) groups is 4. The third-order valence-corrected chi connectivity index (χ3v) is 17.8. The van der Waals surface area contributed by atoms with Gasteiger partial charge in [-0.05, 0) is 148 Å². The first-order valence-electron chi connectivity index (χ1n) is 38.8. The lowest BCUT2D eigenvalue weighted by atomic mass is 10.1. The molecule has 0 fully saturated rings. The van der Waals surface area contributed by atoms with Gasteiger partial charge in [0.25, 0.3) is 0 Å². The zero-order chi connectivity index (χ0) is 73.2. The highest BCUT2D eigenvalue weighted by Crippen LogP contribution is 2.45. The van der Waals surface area contributed by atoms with Gasteiger partial charge in [0.2, 0.25) is 0 Å². The van der Waals surface area contributed by atoms with Crippen molar-refractivity contribution in [1.82, 2.24) is 0 Å². The molecule has 0 aliphatic rings. The summed E-state index contributed by atoms with van der Waals surface area (Å²) in [7, 11) is -9.98. The molecular weight excluding hydrogens is 1310 g/mol. The van der Waals surface area contributed by atoms with E-state index in [2.05, 4.69) is 137 Å². The third kappa shape index (κ3) is 71.8. The number of unbranched alkanes of at least 4 members (excludes halogenated alkanes) is 26. The molecular formula is C81H138O17P2. The molecule has 100 heavy (non-hydrogen) atoms. The Kier molecular flexibility index (Phi) is 69.5. The van der Waals surface area contributed by atoms with Crippen LogP contribution in [-0.4, -0.2) is 96.7 Å². The molecule has 0 aliphatic carbocycles. The van der Waals surface area contributed by atoms with Crippen LogP contribution in [0.15, 0.2) is 122 Å². The molecule has 0 aliphatic heterocycles. The summed E-state index contributed by atoms with van der Waals surface area (Å²) in [5.74, 6) is -2.28. The maximum atomic E-state index is 13.1. The van der Waals surface area contributed by atoms with Crippen molar-refractivity contribution in [2.75, 3.05) is 39.6 Å². The molecule has 0 aromatic carbocycles. The standard InChI is InChI=1S/C81H138O17P2/c1-5-9-13-17-21-25-29-33-36-37-40-43-46-50-54-58-62-66-79(84)92-72-77(98-81(86)68-64-60-56-52-48-44-39-35-31-27-23-19-15-11-7-3)74-96-100(89,90)94-70-75(82)69-93-99(87,88)95-73-76(97-80(85)67-63-59-55-51-47-41-32-28-24-20-16-12-8-4)71-91-78(83)65-61-57-53-49-45-42-38-34-30-26-22-18-14-10-6-2/h9,11,13,15,21,23,25,27-28,32-36,38-40,43,50,54,75-77,82H,5-8,10,12,14,16-20,22,24,26,29-31,37,41-42,44-49,51-53,55-74H2,1-4H3,(H,87,88)(H,89,90)/b13-9-,15-11-,25-21-,27-23-,32-28-,36-33-,38-34-,39-35-,43-40-,54-50-. The van der Waals surface area contributed by atoms with E-state index in [9.17, 15) is 43.2 Å². The van der Waals surface area contributed by atoms with E-state index in [1.165, 1.54) is 64.2 Å². The number of phosphoric ester groups is 2. The zero-order valence-electron chi connectivity index (χ0n) is 62.6. The molecule has 574 valence electrons. The van der Waals surface area contributed by atoms with Gasteiger partial charge >= 0.3 is 39.5 Å². The quantitative estimate of drug-likeness (QED) is 0.0169. The molecule has 5 atom stereocenters. The van der Waals surface area contributed by atoms with Crippen molar-refractivity contribution >= 4 is 39.5 Å². The van der Waals surface area contributed by atoms with E-state index in [-0.39, 0.29) is 25.7 Å². The van der Waals surface area contributed by atoms with Crippen molar-refractivity contribution in [2.24, 2.45) is 0 Å². The molecule has 5 unspecified atom stereocenters. The van der Waals surface area contributed by atoms with Crippen molar-refractivity contribution in [3.63, 3.8) is 0 Å². The van der Waals surface area contributed by atoms with E-state index in [1.54, 1.807) is 0 Å². The minimum atomic E-state index is -4.99. The van der Waals surface area contributed by atoms with Crippen LogP contribution in [0.2, 0.25) is 0 Å². The number of ether oxygens (including phenoxy) is 4. The number of aliphatic hydroxyl groups excluding tert-OH is 1. The molecule has 0 rings (SSSR count). The first-order chi connectivity index (χ1) is 48.7. The Morgan fingerprint density at radius 2 is 0.530 bits per heavy atom. The summed E-state index contributed by atoms with van der Waals surface area (Å²) in [5, 5.41) is 10.6. The van der Waals surface area contributed by atoms with Crippen LogP contribution in [0.3, 0.4) is 0 Å². The van der Waals surface area contributed by atoms with Gasteiger partial charge in [-0.25, -0.2) is 9.13 Å². The van der Waals surface area contributed by atoms with Gasteiger partial charge in [0.05, 0.1) is 26.4 Å². The molecule has 0 spiro atoms. The average molecular weight is 1450 g/mol. The molecule has 3 N–H and O–H groups in total. The minimum absolute atomic E-state index is 0.0604. The molecule has 19 heteroatoms. The van der Waals surface area contributed by atoms with Crippen LogP contribution >= 0.6 is 15.6 Å². The summed E-state index contributed by atoms with van der Waals surface area (Å²) in [6.45, 7) is 4.53. The number of rotatable bonds is 72. The Balaban J connectivity index is 5.42. The van der Waals surface area contributed by atoms with E-state index in [0.29, 0.717) is 32.1 Å². The number of esters is 4. The van der Waals surface area contributed by atoms with E-state index in [0.717, 1.165) is 161 Å². The number of allylic oxidation sites excluding steroid dienone is 20. The Morgan fingerprint density at radius 3 is 0.860 bits per heavy atom. The normalized spacial score (nSPS) is 14.6. The number of hydrogen-bond donors (Lipinski definition) is 3. The van der Waals surface area contributed by atoms with Gasteiger partial charge < -0.3 is 33.8 Å². The van der Waals surface area contributed by atoms with Crippen molar-refractivity contribution < 1.29 is 80.2 Å². The molecule has 0 bridgehead atoms. The Labute approximate surface area is 606 Å². The molecule has 0 amide bonds. The smallest absolute Gasteiger partial charge is 0.462 e. The van der Waals surface area contributed by atoms with E-state index in [4.69, 9.17) is 37.0 Å². The summed E-state index contributed by atoms with van der Waals surface area (Å²) < 4.78 is 68.4. The maximum Gasteiger partial charge on any atom is 0.472 e. The minimum Gasteiger partial charge on any atom is -0.462 e. The molecule has 0 aromatic rings. The molecule has 0 saturated heterocycles. The second kappa shape index (κ2) is 72.8. The zero-order valence-corrected chi connectivity index (χ0v) is 64.4. The van der Waals surface area contributed by atoms with Crippen molar-refractivity contribution in [2.45, 2.75) is 329 Å². The van der Waals surface area contributed by atoms with E-state index < -0.39 is 97.5 Å². The Morgan fingerprint density at radius 1 is 0.290 bits per heavy atom. The number of aliphatic hydroxyl groups is 1. The topological polar surface area (TPSA) is 237 Å². The fourth-order valence-corrected chi connectivity index (χ4v) is 11.6. The summed E-state index contributed by atoms with van der Waals surface area (Å²) in [4.78, 5) is 72.9. The highest BCUT2D eigenvalue weighted by atomic mass is 31.2. The van der Waals surface area contributed by atoms with Crippen LogP contribution in [0.4, 0.5) is 0 Å². The first-order valence-corrected chi connectivity index (χ1v) is 41.8. The SMILES string of the molecule is CC/C=C\C/C=C\C/C=C\C/C=C\C/C=C\CCCC(=O)OCC(COP(=O)(O)OCC(O)COP(=O)(O)OCC(COC(=O)CCCCCCC/C=C\CCCCCCCC)OC(=O)CCCCCCC/C=C\CCCCCC)OC(=O)CCCCCCC/C=C\C/C=C\C/C=C\CC. The van der Waals surface area contributed by atoms with Gasteiger partial charge in [-0.2, -0.15) is 0 Å². The van der Waals surface area contributed by atoms with E-state index in [1.807, 2.05) is 12.2 Å². The summed E-state index contributed by atoms with van der Waals surface area (Å²) in [5.41, 5.74) is 0. The van der Waals surface area contributed by atoms with Gasteiger partial charge in [0, 0.05) is 25.7 Å². The predicted molar refractivity (Wildman–Crippen MR) is 408 cm³/mol. The Hall–Kier alpha value is -4.54. The molecule has 0 heterocycles. The molecule has 0 aromatic heterocycles. The second-order valence-electron chi connectivity index (χ2n) is 25.5. The summed E-state index contributed by atoms with van der Waals surface area (Å²) in [6.07, 6.45) is 79.1. The Bertz CT molecular complexity index is 2370. The predicted octanol–water partition coefficient (Wildman–Crippen LogP) is 22.3. The fraction of sp³-hybridized carbons (Fsp3) is 0.704. The van der Waals surface area contributed by atoms with Crippen LogP contribution in [0.25, 0.3) is 0 Å². The van der Waals surface area contributed by atoms with Gasteiger partial charge in [-0.15, -0.1) is 0 Å². The highest BCUT2D eigenvalue weighted by Gasteiger charge is 2.30. The second-order valence-corrected chi connectivity index (χ2v) is 28.4. The van der Waals surface area contributed by atoms with Crippen LogP contribution in [0.1, 0.15) is 310 Å². The number of carbonyl (C=O) groups excluding carboxylic acids is 4. The lowest BCUT2D eigenvalue weighted by Gasteiger charge is -2.21. The van der Waals surface area contributed by atoms with Crippen LogP contribution in [0.5, 0.6) is 0 Å². The average Bonchev–Trinajstić information content (AvgIpc) is 1.06. The fourth-order valence-electron chi connectivity index (χ4n) is 10.0. The van der Waals surface area contributed by atoms with Gasteiger partial charge in [0.1, 0.15) is 19.3 Å². The van der Waals surface area contributed by atoms with Gasteiger partial charge in [0.15, 0.2) is 12.2 Å². The van der Waals surface area contributed by atoms with Crippen molar-refractivity contribution in [3.05, 3.63) is 122 Å². The molecule has 0 saturated carbocycles. The first kappa shape index (κ1) is 95.5. The molecule has 17 nitrogen and oxygen atoms in total. The third-order valence-electron chi connectivity index (χ3n) is 15.9. The monoisotopic (exact) mass is 1440 g/mol. The number of hydrogen-bond acceptors (Lipinski definition) is 15.